The van der Waals surface area contributed by atoms with Crippen LogP contribution in [0.25, 0.3) is 0 Å². The van der Waals surface area contributed by atoms with Crippen molar-refractivity contribution in [3.05, 3.63) is 58.0 Å². The fourth-order valence-corrected chi connectivity index (χ4v) is 2.61. The number of rotatable bonds is 4. The molecule has 1 unspecified atom stereocenters. The van der Waals surface area contributed by atoms with E-state index in [0.29, 0.717) is 6.42 Å². The molecule has 1 nitrogen and oxygen atoms in total. The smallest absolute Gasteiger partial charge is 0.229 e. The minimum Gasteiger partial charge on any atom is -0.281 e. The first-order chi connectivity index (χ1) is 8.16. The molecule has 0 saturated carbocycles. The largest absolute Gasteiger partial charge is 0.281 e. The van der Waals surface area contributed by atoms with Gasteiger partial charge in [-0.05, 0) is 47.2 Å². The van der Waals surface area contributed by atoms with E-state index in [1.165, 1.54) is 12.1 Å². The van der Waals surface area contributed by atoms with Crippen molar-refractivity contribution in [1.82, 2.24) is 0 Å². The molecule has 0 N–H and O–H groups in total. The van der Waals surface area contributed by atoms with Crippen LogP contribution in [-0.4, -0.2) is 5.24 Å². The quantitative estimate of drug-likeness (QED) is 0.767. The van der Waals surface area contributed by atoms with E-state index in [-0.39, 0.29) is 5.82 Å². The van der Waals surface area contributed by atoms with E-state index in [2.05, 4.69) is 0 Å². The highest BCUT2D eigenvalue weighted by atomic mass is 35.5. The van der Waals surface area contributed by atoms with Crippen LogP contribution in [0.5, 0.6) is 0 Å². The Balaban J connectivity index is 2.23. The lowest BCUT2D eigenvalue weighted by Crippen LogP contribution is -2.09. The summed E-state index contributed by atoms with van der Waals surface area (Å²) in [5.74, 6) is -0.721. The molecule has 2 aromatic rings. The second kappa shape index (κ2) is 5.43. The molecule has 0 saturated heterocycles. The van der Waals surface area contributed by atoms with Gasteiger partial charge in [0, 0.05) is 4.88 Å². The number of hydrogen-bond acceptors (Lipinski definition) is 2. The van der Waals surface area contributed by atoms with E-state index < -0.39 is 11.2 Å². The molecule has 4 heteroatoms. The lowest BCUT2D eigenvalue weighted by atomic mass is 9.96. The van der Waals surface area contributed by atoms with Gasteiger partial charge in [-0.15, -0.1) is 11.3 Å². The van der Waals surface area contributed by atoms with Gasteiger partial charge in [0.15, 0.2) is 0 Å². The average molecular weight is 269 g/mol. The monoisotopic (exact) mass is 268 g/mol. The van der Waals surface area contributed by atoms with Crippen molar-refractivity contribution in [1.29, 1.82) is 0 Å². The Morgan fingerprint density at radius 2 is 2.00 bits per heavy atom. The maximum Gasteiger partial charge on any atom is 0.229 e. The third-order valence-corrected chi connectivity index (χ3v) is 3.69. The molecule has 1 heterocycles. The second-order valence-electron chi connectivity index (χ2n) is 3.69. The molecule has 0 bridgehead atoms. The van der Waals surface area contributed by atoms with Crippen LogP contribution in [0, 0.1) is 5.82 Å². The normalized spacial score (nSPS) is 12.4. The van der Waals surface area contributed by atoms with Gasteiger partial charge in [-0.25, -0.2) is 4.39 Å². The van der Waals surface area contributed by atoms with Crippen LogP contribution in [0.4, 0.5) is 4.39 Å². The van der Waals surface area contributed by atoms with Gasteiger partial charge in [0.2, 0.25) is 5.24 Å². The summed E-state index contributed by atoms with van der Waals surface area (Å²) in [5, 5.41) is 1.54. The van der Waals surface area contributed by atoms with Crippen LogP contribution < -0.4 is 0 Å². The number of carbonyl (C=O) groups excluding carboxylic acids is 1. The molecular formula is C13H10ClFOS. The molecule has 1 atom stereocenters. The van der Waals surface area contributed by atoms with Gasteiger partial charge < -0.3 is 0 Å². The molecule has 88 valence electrons. The summed E-state index contributed by atoms with van der Waals surface area (Å²) in [6.07, 6.45) is 0.561. The topological polar surface area (TPSA) is 17.1 Å². The van der Waals surface area contributed by atoms with Crippen LogP contribution in [0.1, 0.15) is 16.4 Å². The van der Waals surface area contributed by atoms with Crippen LogP contribution in [-0.2, 0) is 11.2 Å². The zero-order chi connectivity index (χ0) is 12.3. The first-order valence-electron chi connectivity index (χ1n) is 5.14. The van der Waals surface area contributed by atoms with Crippen LogP contribution in [0.3, 0.4) is 0 Å². The fraction of sp³-hybridized carbons (Fsp3) is 0.154. The Labute approximate surface area is 108 Å². The number of carbonyl (C=O) groups is 1. The molecule has 1 aromatic carbocycles. The third kappa shape index (κ3) is 3.14. The minimum absolute atomic E-state index is 0.314. The summed E-state index contributed by atoms with van der Waals surface area (Å²) < 4.78 is 12.8. The Kier molecular flexibility index (Phi) is 3.92. The molecule has 0 spiro atoms. The van der Waals surface area contributed by atoms with Crippen LogP contribution >= 0.6 is 22.9 Å². The van der Waals surface area contributed by atoms with Gasteiger partial charge >= 0.3 is 0 Å². The summed E-state index contributed by atoms with van der Waals surface area (Å²) in [5.41, 5.74) is 0.750. The van der Waals surface area contributed by atoms with E-state index in [4.69, 9.17) is 11.6 Å². The standard InChI is InChI=1S/C13H10ClFOS/c14-13(16)12(8-11-2-1-7-17-11)9-3-5-10(15)6-4-9/h1-7,12H,8H2. The molecule has 1 aromatic heterocycles. The predicted molar refractivity (Wildman–Crippen MR) is 68.0 cm³/mol. The van der Waals surface area contributed by atoms with Gasteiger partial charge in [0.1, 0.15) is 5.82 Å². The first kappa shape index (κ1) is 12.3. The van der Waals surface area contributed by atoms with Crippen molar-refractivity contribution in [2.75, 3.05) is 0 Å². The maximum atomic E-state index is 12.8. The van der Waals surface area contributed by atoms with Gasteiger partial charge in [-0.2, -0.15) is 0 Å². The molecule has 0 aliphatic carbocycles. The SMILES string of the molecule is O=C(Cl)C(Cc1cccs1)c1ccc(F)cc1. The van der Waals surface area contributed by atoms with Crippen molar-refractivity contribution >= 4 is 28.2 Å². The van der Waals surface area contributed by atoms with E-state index in [1.54, 1.807) is 23.5 Å². The van der Waals surface area contributed by atoms with Crippen molar-refractivity contribution in [2.45, 2.75) is 12.3 Å². The molecular weight excluding hydrogens is 259 g/mol. The Morgan fingerprint density at radius 3 is 2.53 bits per heavy atom. The number of benzene rings is 1. The van der Waals surface area contributed by atoms with Crippen LogP contribution in [0.2, 0.25) is 0 Å². The zero-order valence-electron chi connectivity index (χ0n) is 8.90. The lowest BCUT2D eigenvalue weighted by Gasteiger charge is -2.11. The average Bonchev–Trinajstić information content (AvgIpc) is 2.80. The number of hydrogen-bond donors (Lipinski definition) is 0. The molecule has 0 fully saturated rings. The molecule has 0 amide bonds. The summed E-state index contributed by atoms with van der Waals surface area (Å²) in [4.78, 5) is 12.5. The van der Waals surface area contributed by atoms with E-state index in [0.717, 1.165) is 10.4 Å². The molecule has 2 rings (SSSR count). The highest BCUT2D eigenvalue weighted by Gasteiger charge is 2.19. The van der Waals surface area contributed by atoms with Crippen molar-refractivity contribution in [3.8, 4) is 0 Å². The van der Waals surface area contributed by atoms with Gasteiger partial charge in [0.25, 0.3) is 0 Å². The zero-order valence-corrected chi connectivity index (χ0v) is 10.5. The molecule has 0 aliphatic rings. The van der Waals surface area contributed by atoms with Crippen molar-refractivity contribution in [2.24, 2.45) is 0 Å². The third-order valence-electron chi connectivity index (χ3n) is 2.53. The summed E-state index contributed by atoms with van der Waals surface area (Å²) in [6, 6.07) is 9.79. The summed E-state index contributed by atoms with van der Waals surface area (Å²) in [7, 11) is 0. The van der Waals surface area contributed by atoms with Crippen molar-refractivity contribution in [3.63, 3.8) is 0 Å². The molecule has 0 radical (unpaired) electrons. The first-order valence-corrected chi connectivity index (χ1v) is 6.40. The van der Waals surface area contributed by atoms with Gasteiger partial charge in [0.05, 0.1) is 5.92 Å². The van der Waals surface area contributed by atoms with E-state index in [1.807, 2.05) is 17.5 Å². The van der Waals surface area contributed by atoms with E-state index in [9.17, 15) is 9.18 Å². The van der Waals surface area contributed by atoms with Crippen LogP contribution in [0.15, 0.2) is 41.8 Å². The Bertz CT molecular complexity index is 493. The number of halogens is 2. The van der Waals surface area contributed by atoms with Gasteiger partial charge in [-0.3, -0.25) is 4.79 Å². The summed E-state index contributed by atoms with van der Waals surface area (Å²) >= 11 is 7.19. The van der Waals surface area contributed by atoms with Crippen molar-refractivity contribution < 1.29 is 9.18 Å². The second-order valence-corrected chi connectivity index (χ2v) is 5.10. The number of thiophene rings is 1. The Hall–Kier alpha value is -1.19. The highest BCUT2D eigenvalue weighted by molar-refractivity contribution is 7.09. The lowest BCUT2D eigenvalue weighted by molar-refractivity contribution is -0.113. The summed E-state index contributed by atoms with van der Waals surface area (Å²) in [6.45, 7) is 0. The van der Waals surface area contributed by atoms with Gasteiger partial charge in [-0.1, -0.05) is 18.2 Å². The van der Waals surface area contributed by atoms with E-state index >= 15 is 0 Å². The fourth-order valence-electron chi connectivity index (χ4n) is 1.65. The molecule has 0 aliphatic heterocycles. The minimum atomic E-state index is -0.412. The highest BCUT2D eigenvalue weighted by Crippen LogP contribution is 2.25. The maximum absolute atomic E-state index is 12.8. The predicted octanol–water partition coefficient (Wildman–Crippen LogP) is 3.98. The Morgan fingerprint density at radius 1 is 1.29 bits per heavy atom. The molecule has 17 heavy (non-hydrogen) atoms.